The van der Waals surface area contributed by atoms with Crippen molar-refractivity contribution in [1.29, 1.82) is 0 Å². The molecule has 1 aliphatic heterocycles. The Hall–Kier alpha value is -2.70. The van der Waals surface area contributed by atoms with Gasteiger partial charge >= 0.3 is 5.97 Å². The molecule has 1 aromatic heterocycles. The molecule has 7 heteroatoms. The van der Waals surface area contributed by atoms with Gasteiger partial charge in [-0.05, 0) is 48.5 Å². The second kappa shape index (κ2) is 6.79. The van der Waals surface area contributed by atoms with Crippen molar-refractivity contribution >= 4 is 62.3 Å². The Bertz CT molecular complexity index is 1160. The van der Waals surface area contributed by atoms with Crippen molar-refractivity contribution in [1.82, 2.24) is 4.57 Å². The summed E-state index contributed by atoms with van der Waals surface area (Å²) in [5.74, 6) is -0.440. The molecule has 27 heavy (non-hydrogen) atoms. The Kier molecular flexibility index (Phi) is 4.45. The van der Waals surface area contributed by atoms with Crippen LogP contribution in [0.1, 0.15) is 22.8 Å². The molecule has 0 saturated heterocycles. The van der Waals surface area contributed by atoms with Crippen LogP contribution in [-0.4, -0.2) is 22.3 Å². The van der Waals surface area contributed by atoms with E-state index in [0.717, 1.165) is 15.4 Å². The topological polar surface area (TPSA) is 60.7 Å². The highest BCUT2D eigenvalue weighted by molar-refractivity contribution is 9.10. The zero-order chi connectivity index (χ0) is 19.1. The molecule has 2 heterocycles. The highest BCUT2D eigenvalue weighted by atomic mass is 79.9. The zero-order valence-electron chi connectivity index (χ0n) is 14.1. The lowest BCUT2D eigenvalue weighted by atomic mass is 10.1. The van der Waals surface area contributed by atoms with E-state index in [1.807, 2.05) is 18.2 Å². The maximum atomic E-state index is 12.3. The number of nitrogens with zero attached hydrogens (tertiary/aromatic N) is 2. The lowest BCUT2D eigenvalue weighted by Gasteiger charge is -1.98. The average Bonchev–Trinajstić information content (AvgIpc) is 3.17. The number of benzene rings is 2. The molecule has 5 nitrogen and oxygen atoms in total. The van der Waals surface area contributed by atoms with Crippen LogP contribution in [0, 0.1) is 0 Å². The number of carbonyl (C=O) groups is 2. The number of halogens is 2. The van der Waals surface area contributed by atoms with Crippen molar-refractivity contribution in [2.75, 3.05) is 0 Å². The van der Waals surface area contributed by atoms with Gasteiger partial charge in [-0.3, -0.25) is 9.36 Å². The molecule has 1 aliphatic rings. The first-order valence-electron chi connectivity index (χ1n) is 8.02. The van der Waals surface area contributed by atoms with Crippen molar-refractivity contribution < 1.29 is 14.3 Å². The summed E-state index contributed by atoms with van der Waals surface area (Å²) >= 11 is 9.32. The molecule has 0 bridgehead atoms. The van der Waals surface area contributed by atoms with E-state index in [1.54, 1.807) is 36.5 Å². The van der Waals surface area contributed by atoms with Crippen LogP contribution >= 0.6 is 27.5 Å². The number of esters is 1. The maximum absolute atomic E-state index is 12.3. The van der Waals surface area contributed by atoms with Gasteiger partial charge in [0.1, 0.15) is 0 Å². The fourth-order valence-corrected chi connectivity index (χ4v) is 3.36. The van der Waals surface area contributed by atoms with Crippen LogP contribution in [-0.2, 0) is 9.53 Å². The number of aromatic nitrogens is 1. The third kappa shape index (κ3) is 3.34. The number of hydrogen-bond donors (Lipinski definition) is 0. The average molecular weight is 444 g/mol. The third-order valence-electron chi connectivity index (χ3n) is 4.14. The summed E-state index contributed by atoms with van der Waals surface area (Å²) in [6.45, 7) is 1.49. The number of aliphatic imine (C=N–C) groups is 1. The van der Waals surface area contributed by atoms with E-state index in [9.17, 15) is 9.59 Å². The summed E-state index contributed by atoms with van der Waals surface area (Å²) in [4.78, 5) is 28.5. The van der Waals surface area contributed by atoms with Crippen molar-refractivity contribution in [3.05, 3.63) is 75.0 Å². The van der Waals surface area contributed by atoms with Gasteiger partial charge in [0.25, 0.3) is 0 Å². The molecule has 0 N–H and O–H groups in total. The van der Waals surface area contributed by atoms with Gasteiger partial charge in [0, 0.05) is 39.1 Å². The number of carbonyl (C=O) groups excluding carboxylic acids is 2. The SMILES string of the molecule is CC(=O)n1cc(/C=C2\N=C(c3ccc(Cl)cc3)OC2=O)c2cc(Br)ccc21. The van der Waals surface area contributed by atoms with Crippen molar-refractivity contribution in [3.63, 3.8) is 0 Å². The number of hydrogen-bond acceptors (Lipinski definition) is 4. The summed E-state index contributed by atoms with van der Waals surface area (Å²) in [6, 6.07) is 12.5. The molecule has 0 atom stereocenters. The summed E-state index contributed by atoms with van der Waals surface area (Å²) in [7, 11) is 0. The molecule has 0 unspecified atom stereocenters. The number of cyclic esters (lactones) is 1. The molecule has 2 aromatic carbocycles. The zero-order valence-corrected chi connectivity index (χ0v) is 16.4. The molecule has 0 radical (unpaired) electrons. The van der Waals surface area contributed by atoms with Gasteiger partial charge in [-0.1, -0.05) is 27.5 Å². The van der Waals surface area contributed by atoms with Gasteiger partial charge in [0.15, 0.2) is 5.70 Å². The van der Waals surface area contributed by atoms with Crippen LogP contribution in [0.15, 0.2) is 63.8 Å². The van der Waals surface area contributed by atoms with Crippen LogP contribution in [0.25, 0.3) is 17.0 Å². The smallest absolute Gasteiger partial charge is 0.363 e. The second-order valence-corrected chi connectivity index (χ2v) is 7.33. The van der Waals surface area contributed by atoms with E-state index in [-0.39, 0.29) is 17.5 Å². The van der Waals surface area contributed by atoms with Crippen LogP contribution in [0.5, 0.6) is 0 Å². The predicted molar refractivity (Wildman–Crippen MR) is 108 cm³/mol. The van der Waals surface area contributed by atoms with Gasteiger partial charge in [-0.15, -0.1) is 0 Å². The molecule has 0 fully saturated rings. The van der Waals surface area contributed by atoms with E-state index < -0.39 is 5.97 Å². The first-order chi connectivity index (χ1) is 12.9. The van der Waals surface area contributed by atoms with Gasteiger partial charge in [-0.2, -0.15) is 0 Å². The minimum atomic E-state index is -0.543. The molecule has 0 saturated carbocycles. The lowest BCUT2D eigenvalue weighted by molar-refractivity contribution is -0.129. The predicted octanol–water partition coefficient (Wildman–Crippen LogP) is 5.06. The highest BCUT2D eigenvalue weighted by Crippen LogP contribution is 2.28. The van der Waals surface area contributed by atoms with Crippen molar-refractivity contribution in [3.8, 4) is 0 Å². The van der Waals surface area contributed by atoms with Crippen LogP contribution in [0.4, 0.5) is 0 Å². The molecule has 134 valence electrons. The van der Waals surface area contributed by atoms with E-state index in [4.69, 9.17) is 16.3 Å². The Balaban J connectivity index is 1.81. The minimum Gasteiger partial charge on any atom is -0.402 e. The Labute approximate surface area is 168 Å². The molecule has 0 spiro atoms. The van der Waals surface area contributed by atoms with Crippen LogP contribution < -0.4 is 0 Å². The standard InChI is InChI=1S/C20H12BrClN2O3/c1-11(25)24-10-13(16-9-14(21)4-7-18(16)24)8-17-20(26)27-19(23-17)12-2-5-15(22)6-3-12/h2-10H,1H3/b17-8-. The molecule has 3 aromatic rings. The van der Waals surface area contributed by atoms with Gasteiger partial charge in [-0.25, -0.2) is 9.79 Å². The number of rotatable bonds is 2. The molecule has 0 amide bonds. The van der Waals surface area contributed by atoms with Gasteiger partial charge < -0.3 is 4.74 Å². The fourth-order valence-electron chi connectivity index (χ4n) is 2.88. The fraction of sp³-hybridized carbons (Fsp3) is 0.0500. The molecule has 4 rings (SSSR count). The van der Waals surface area contributed by atoms with Crippen molar-refractivity contribution in [2.24, 2.45) is 4.99 Å². The van der Waals surface area contributed by atoms with Gasteiger partial charge in [0.05, 0.1) is 5.52 Å². The first-order valence-corrected chi connectivity index (χ1v) is 9.19. The van der Waals surface area contributed by atoms with Crippen LogP contribution in [0.2, 0.25) is 5.02 Å². The normalized spacial score (nSPS) is 15.3. The lowest BCUT2D eigenvalue weighted by Crippen LogP contribution is -2.05. The Morgan fingerprint density at radius 3 is 2.67 bits per heavy atom. The maximum Gasteiger partial charge on any atom is 0.363 e. The molecular weight excluding hydrogens is 432 g/mol. The molecule has 0 aliphatic carbocycles. The van der Waals surface area contributed by atoms with Crippen molar-refractivity contribution in [2.45, 2.75) is 6.92 Å². The molecular formula is C20H12BrClN2O3. The summed E-state index contributed by atoms with van der Waals surface area (Å²) in [5.41, 5.74) is 2.29. The Morgan fingerprint density at radius 1 is 1.22 bits per heavy atom. The Morgan fingerprint density at radius 2 is 1.96 bits per heavy atom. The van der Waals surface area contributed by atoms with Crippen LogP contribution in [0.3, 0.4) is 0 Å². The number of ether oxygens (including phenoxy) is 1. The van der Waals surface area contributed by atoms with E-state index in [0.29, 0.717) is 16.1 Å². The third-order valence-corrected chi connectivity index (χ3v) is 4.89. The minimum absolute atomic E-state index is 0.119. The second-order valence-electron chi connectivity index (χ2n) is 5.98. The quantitative estimate of drug-likeness (QED) is 0.411. The highest BCUT2D eigenvalue weighted by Gasteiger charge is 2.25. The summed E-state index contributed by atoms with van der Waals surface area (Å²) < 4.78 is 7.69. The number of fused-ring (bicyclic) bond motifs is 1. The largest absolute Gasteiger partial charge is 0.402 e. The van der Waals surface area contributed by atoms with E-state index in [1.165, 1.54) is 11.5 Å². The van der Waals surface area contributed by atoms with E-state index in [2.05, 4.69) is 20.9 Å². The van der Waals surface area contributed by atoms with E-state index >= 15 is 0 Å². The summed E-state index contributed by atoms with van der Waals surface area (Å²) in [6.07, 6.45) is 3.31. The van der Waals surface area contributed by atoms with Gasteiger partial charge in [0.2, 0.25) is 11.8 Å². The monoisotopic (exact) mass is 442 g/mol. The first kappa shape index (κ1) is 17.7. The summed E-state index contributed by atoms with van der Waals surface area (Å²) in [5, 5.41) is 1.41.